The highest BCUT2D eigenvalue weighted by molar-refractivity contribution is 7.87. The highest BCUT2D eigenvalue weighted by Crippen LogP contribution is 2.14. The SMILES string of the molecule is CCOC[C@H]1OCCN(S(=O)(=O)NC(=O)c2cocn2)C[C@@H]1OC. The summed E-state index contributed by atoms with van der Waals surface area (Å²) in [6.45, 7) is 2.96. The number of hydrogen-bond acceptors (Lipinski definition) is 8. The number of oxazole rings is 1. The van der Waals surface area contributed by atoms with Gasteiger partial charge < -0.3 is 18.6 Å². The van der Waals surface area contributed by atoms with Crippen molar-refractivity contribution in [3.05, 3.63) is 18.4 Å². The average molecular weight is 363 g/mol. The Labute approximate surface area is 140 Å². The molecule has 1 aromatic rings. The van der Waals surface area contributed by atoms with E-state index >= 15 is 0 Å². The quantitative estimate of drug-likeness (QED) is 0.682. The molecule has 1 aromatic heterocycles. The molecular formula is C13H21N3O7S. The number of methoxy groups -OCH3 is 1. The van der Waals surface area contributed by atoms with E-state index in [-0.39, 0.29) is 31.5 Å². The van der Waals surface area contributed by atoms with E-state index in [2.05, 4.69) is 9.40 Å². The second kappa shape index (κ2) is 8.53. The minimum absolute atomic E-state index is 0.0374. The Morgan fingerprint density at radius 3 is 2.96 bits per heavy atom. The van der Waals surface area contributed by atoms with Crippen molar-refractivity contribution < 1.29 is 31.8 Å². The molecule has 1 aliphatic heterocycles. The largest absolute Gasteiger partial charge is 0.451 e. The van der Waals surface area contributed by atoms with Crippen molar-refractivity contribution >= 4 is 16.1 Å². The predicted molar refractivity (Wildman–Crippen MR) is 81.5 cm³/mol. The number of ether oxygens (including phenoxy) is 3. The summed E-state index contributed by atoms with van der Waals surface area (Å²) in [6, 6.07) is 0. The summed E-state index contributed by atoms with van der Waals surface area (Å²) in [5.41, 5.74) is -0.123. The van der Waals surface area contributed by atoms with E-state index in [0.717, 1.165) is 17.0 Å². The highest BCUT2D eigenvalue weighted by atomic mass is 32.2. The van der Waals surface area contributed by atoms with Crippen LogP contribution in [0.3, 0.4) is 0 Å². The summed E-state index contributed by atoms with van der Waals surface area (Å²) in [7, 11) is -2.60. The lowest BCUT2D eigenvalue weighted by Crippen LogP contribution is -2.48. The van der Waals surface area contributed by atoms with Gasteiger partial charge in [-0.3, -0.25) is 4.79 Å². The number of hydrogen-bond donors (Lipinski definition) is 1. The third-order valence-electron chi connectivity index (χ3n) is 3.49. The van der Waals surface area contributed by atoms with Crippen LogP contribution in [0.4, 0.5) is 0 Å². The molecule has 0 unspecified atom stereocenters. The molecule has 1 fully saturated rings. The molecule has 2 rings (SSSR count). The lowest BCUT2D eigenvalue weighted by molar-refractivity contribution is -0.0777. The molecule has 0 radical (unpaired) electrons. The molecule has 0 spiro atoms. The van der Waals surface area contributed by atoms with E-state index in [1.807, 2.05) is 11.6 Å². The Morgan fingerprint density at radius 1 is 1.54 bits per heavy atom. The molecule has 24 heavy (non-hydrogen) atoms. The van der Waals surface area contributed by atoms with E-state index < -0.39 is 22.2 Å². The van der Waals surface area contributed by atoms with Crippen LogP contribution in [0.1, 0.15) is 17.4 Å². The van der Waals surface area contributed by atoms with Gasteiger partial charge in [0.2, 0.25) is 0 Å². The summed E-state index contributed by atoms with van der Waals surface area (Å²) < 4.78 is 48.8. The van der Waals surface area contributed by atoms with Crippen LogP contribution in [0.15, 0.2) is 17.1 Å². The van der Waals surface area contributed by atoms with Gasteiger partial charge in [0.05, 0.1) is 19.3 Å². The molecule has 1 amide bonds. The molecule has 1 aliphatic rings. The van der Waals surface area contributed by atoms with Crippen LogP contribution in [0.5, 0.6) is 0 Å². The van der Waals surface area contributed by atoms with Crippen LogP contribution < -0.4 is 4.72 Å². The fraction of sp³-hybridized carbons (Fsp3) is 0.692. The van der Waals surface area contributed by atoms with Crippen LogP contribution in [-0.2, 0) is 24.4 Å². The topological polar surface area (TPSA) is 120 Å². The summed E-state index contributed by atoms with van der Waals surface area (Å²) in [5, 5.41) is 0. The molecule has 136 valence electrons. The lowest BCUT2D eigenvalue weighted by atomic mass is 10.2. The molecule has 1 saturated heterocycles. The van der Waals surface area contributed by atoms with Gasteiger partial charge in [-0.25, -0.2) is 9.71 Å². The summed E-state index contributed by atoms with van der Waals surface area (Å²) in [5.74, 6) is -0.867. The number of amides is 1. The van der Waals surface area contributed by atoms with Gasteiger partial charge >= 0.3 is 10.2 Å². The lowest BCUT2D eigenvalue weighted by Gasteiger charge is -2.25. The Hall–Kier alpha value is -1.53. The third-order valence-corrected chi connectivity index (χ3v) is 4.94. The van der Waals surface area contributed by atoms with Crippen molar-refractivity contribution in [1.82, 2.24) is 14.0 Å². The van der Waals surface area contributed by atoms with Gasteiger partial charge in [-0.1, -0.05) is 0 Å². The van der Waals surface area contributed by atoms with Crippen molar-refractivity contribution in [3.63, 3.8) is 0 Å². The maximum absolute atomic E-state index is 12.4. The van der Waals surface area contributed by atoms with Gasteiger partial charge in [-0.2, -0.15) is 12.7 Å². The molecule has 1 N–H and O–H groups in total. The average Bonchev–Trinajstić information content (AvgIpc) is 3.00. The van der Waals surface area contributed by atoms with E-state index in [9.17, 15) is 13.2 Å². The number of carbonyl (C=O) groups is 1. The van der Waals surface area contributed by atoms with Crippen molar-refractivity contribution in [3.8, 4) is 0 Å². The van der Waals surface area contributed by atoms with Crippen LogP contribution in [0.25, 0.3) is 0 Å². The third kappa shape index (κ3) is 4.74. The van der Waals surface area contributed by atoms with Crippen LogP contribution >= 0.6 is 0 Å². The number of carbonyl (C=O) groups excluding carboxylic acids is 1. The van der Waals surface area contributed by atoms with Gasteiger partial charge in [-0.15, -0.1) is 0 Å². The van der Waals surface area contributed by atoms with Gasteiger partial charge in [-0.05, 0) is 6.92 Å². The molecule has 0 bridgehead atoms. The number of nitrogens with one attached hydrogen (secondary N) is 1. The van der Waals surface area contributed by atoms with Crippen molar-refractivity contribution in [1.29, 1.82) is 0 Å². The molecule has 0 aliphatic carbocycles. The van der Waals surface area contributed by atoms with Crippen LogP contribution in [-0.4, -0.2) is 75.8 Å². The zero-order valence-electron chi connectivity index (χ0n) is 13.5. The van der Waals surface area contributed by atoms with Crippen molar-refractivity contribution in [2.45, 2.75) is 19.1 Å². The second-order valence-corrected chi connectivity index (χ2v) is 6.68. The molecule has 2 heterocycles. The van der Waals surface area contributed by atoms with Gasteiger partial charge in [0.25, 0.3) is 5.91 Å². The van der Waals surface area contributed by atoms with Crippen LogP contribution in [0.2, 0.25) is 0 Å². The molecular weight excluding hydrogens is 342 g/mol. The monoisotopic (exact) mass is 363 g/mol. The first-order valence-corrected chi connectivity index (χ1v) is 8.84. The van der Waals surface area contributed by atoms with Gasteiger partial charge in [0.1, 0.15) is 12.4 Å². The smallest absolute Gasteiger partial charge is 0.304 e. The van der Waals surface area contributed by atoms with E-state index in [1.54, 1.807) is 0 Å². The second-order valence-electron chi connectivity index (χ2n) is 5.01. The molecule has 10 nitrogen and oxygen atoms in total. The first-order valence-electron chi connectivity index (χ1n) is 7.40. The number of aromatic nitrogens is 1. The highest BCUT2D eigenvalue weighted by Gasteiger charge is 2.34. The number of rotatable bonds is 7. The molecule has 11 heteroatoms. The van der Waals surface area contributed by atoms with Crippen LogP contribution in [0, 0.1) is 0 Å². The standard InChI is InChI=1S/C13H21N3O7S/c1-3-21-8-12-11(20-2)6-16(4-5-23-12)24(18,19)15-13(17)10-7-22-9-14-10/h7,9,11-12H,3-6,8H2,1-2H3,(H,15,17)/t11-,12+/m0/s1. The fourth-order valence-electron chi connectivity index (χ4n) is 2.22. The Balaban J connectivity index is 2.05. The molecule has 0 saturated carbocycles. The maximum atomic E-state index is 12.4. The minimum atomic E-state index is -4.07. The number of nitrogens with zero attached hydrogens (tertiary/aromatic N) is 2. The van der Waals surface area contributed by atoms with Crippen molar-refractivity contribution in [2.24, 2.45) is 0 Å². The molecule has 0 aromatic carbocycles. The summed E-state index contributed by atoms with van der Waals surface area (Å²) in [6.07, 6.45) is 1.20. The summed E-state index contributed by atoms with van der Waals surface area (Å²) in [4.78, 5) is 15.5. The first-order chi connectivity index (χ1) is 11.5. The predicted octanol–water partition coefficient (Wildman–Crippen LogP) is -0.598. The van der Waals surface area contributed by atoms with E-state index in [1.165, 1.54) is 7.11 Å². The summed E-state index contributed by atoms with van der Waals surface area (Å²) >= 11 is 0. The zero-order valence-corrected chi connectivity index (χ0v) is 14.3. The van der Waals surface area contributed by atoms with Crippen molar-refractivity contribution in [2.75, 3.05) is 40.0 Å². The Kier molecular flexibility index (Phi) is 6.69. The Morgan fingerprint density at radius 2 is 2.33 bits per heavy atom. The first kappa shape index (κ1) is 18.8. The normalized spacial score (nSPS) is 22.9. The maximum Gasteiger partial charge on any atom is 0.304 e. The minimum Gasteiger partial charge on any atom is -0.451 e. The zero-order chi connectivity index (χ0) is 17.6. The molecule has 2 atom stereocenters. The van der Waals surface area contributed by atoms with E-state index in [0.29, 0.717) is 13.2 Å². The Bertz CT molecular complexity index is 620. The van der Waals surface area contributed by atoms with Gasteiger partial charge in [0.15, 0.2) is 12.1 Å². The van der Waals surface area contributed by atoms with Gasteiger partial charge in [0, 0.05) is 26.8 Å². The van der Waals surface area contributed by atoms with E-state index in [4.69, 9.17) is 14.2 Å². The fourth-order valence-corrected chi connectivity index (χ4v) is 3.34.